The third kappa shape index (κ3) is 5.64. The second-order valence-corrected chi connectivity index (χ2v) is 3.23. The van der Waals surface area contributed by atoms with Gasteiger partial charge in [-0.15, -0.1) is 0 Å². The molecular weight excluding hydrogens is 158 g/mol. The molecule has 0 aromatic carbocycles. The number of allylic oxidation sites excluding steroid dienone is 2. The molecule has 0 atom stereocenters. The number of rotatable bonds is 6. The van der Waals surface area contributed by atoms with Crippen LogP contribution in [-0.4, -0.2) is 24.5 Å². The monoisotopic (exact) mass is 181 g/mol. The van der Waals surface area contributed by atoms with E-state index in [1.807, 2.05) is 0 Å². The van der Waals surface area contributed by atoms with Gasteiger partial charge < -0.3 is 0 Å². The van der Waals surface area contributed by atoms with E-state index in [0.717, 1.165) is 13.1 Å². The fourth-order valence-electron chi connectivity index (χ4n) is 1.38. The summed E-state index contributed by atoms with van der Waals surface area (Å²) in [4.78, 5) is 2.47. The van der Waals surface area contributed by atoms with Crippen molar-refractivity contribution in [2.24, 2.45) is 0 Å². The summed E-state index contributed by atoms with van der Waals surface area (Å²) in [6.07, 6.45) is 7.73. The van der Waals surface area contributed by atoms with Gasteiger partial charge in [0.1, 0.15) is 0 Å². The van der Waals surface area contributed by atoms with Gasteiger partial charge in [-0.05, 0) is 38.9 Å². The third-order valence-corrected chi connectivity index (χ3v) is 2.14. The van der Waals surface area contributed by atoms with Gasteiger partial charge in [0.05, 0.1) is 0 Å². The highest BCUT2D eigenvalue weighted by molar-refractivity contribution is 5.18. The molecule has 0 aliphatic carbocycles. The molecule has 0 aromatic rings. The van der Waals surface area contributed by atoms with Crippen molar-refractivity contribution in [3.63, 3.8) is 0 Å². The summed E-state index contributed by atoms with van der Waals surface area (Å²) >= 11 is 0. The Labute approximate surface area is 83.1 Å². The lowest BCUT2D eigenvalue weighted by Gasteiger charge is -2.19. The molecule has 0 radical (unpaired) electrons. The Kier molecular flexibility index (Phi) is 7.71. The maximum Gasteiger partial charge on any atom is 0.0230 e. The van der Waals surface area contributed by atoms with Gasteiger partial charge in [-0.2, -0.15) is 0 Å². The van der Waals surface area contributed by atoms with Crippen molar-refractivity contribution in [2.75, 3.05) is 19.6 Å². The summed E-state index contributed by atoms with van der Waals surface area (Å²) in [5.41, 5.74) is 1.41. The number of hydrogen-bond donors (Lipinski definition) is 0. The van der Waals surface area contributed by atoms with Gasteiger partial charge in [-0.1, -0.05) is 32.1 Å². The minimum Gasteiger partial charge on any atom is -0.299 e. The van der Waals surface area contributed by atoms with Crippen LogP contribution < -0.4 is 0 Å². The second kappa shape index (κ2) is 8.06. The van der Waals surface area contributed by atoms with Crippen LogP contribution in [0.4, 0.5) is 0 Å². The first kappa shape index (κ1) is 12.4. The van der Waals surface area contributed by atoms with E-state index in [1.54, 1.807) is 0 Å². The number of likely N-dealkylation sites (N-methyl/N-ethyl adjacent to an activating group) is 1. The first-order valence-corrected chi connectivity index (χ1v) is 5.28. The molecule has 0 saturated carbocycles. The average Bonchev–Trinajstić information content (AvgIpc) is 2.16. The Balaban J connectivity index is 4.03. The van der Waals surface area contributed by atoms with E-state index in [2.05, 4.69) is 50.8 Å². The van der Waals surface area contributed by atoms with Crippen LogP contribution in [-0.2, 0) is 0 Å². The predicted molar refractivity (Wildman–Crippen MR) is 61.0 cm³/mol. The minimum absolute atomic E-state index is 1.09. The van der Waals surface area contributed by atoms with Crippen molar-refractivity contribution >= 4 is 0 Å². The zero-order valence-corrected chi connectivity index (χ0v) is 9.51. The standard InChI is InChI=1S/C12H23N/c1-5-9-12(7-3)11-13(8-4)10-6-2/h5,7,9H,6,8,10-11H2,1-4H3. The molecular formula is C12H23N. The van der Waals surface area contributed by atoms with Crippen LogP contribution in [0.1, 0.15) is 34.1 Å². The van der Waals surface area contributed by atoms with Gasteiger partial charge in [0, 0.05) is 6.54 Å². The van der Waals surface area contributed by atoms with Gasteiger partial charge in [0.2, 0.25) is 0 Å². The van der Waals surface area contributed by atoms with E-state index in [-0.39, 0.29) is 0 Å². The van der Waals surface area contributed by atoms with Crippen LogP contribution in [0, 0.1) is 0 Å². The summed E-state index contributed by atoms with van der Waals surface area (Å²) in [6, 6.07) is 0. The van der Waals surface area contributed by atoms with Crippen LogP contribution in [0.15, 0.2) is 23.8 Å². The Bertz CT molecular complexity index is 168. The van der Waals surface area contributed by atoms with Crippen molar-refractivity contribution in [2.45, 2.75) is 34.1 Å². The van der Waals surface area contributed by atoms with Gasteiger partial charge in [0.25, 0.3) is 0 Å². The number of nitrogens with zero attached hydrogens (tertiary/aromatic N) is 1. The largest absolute Gasteiger partial charge is 0.299 e. The topological polar surface area (TPSA) is 3.24 Å². The molecule has 0 rings (SSSR count). The predicted octanol–water partition coefficient (Wildman–Crippen LogP) is 3.24. The Morgan fingerprint density at radius 1 is 1.23 bits per heavy atom. The van der Waals surface area contributed by atoms with Crippen LogP contribution in [0.5, 0.6) is 0 Å². The minimum atomic E-state index is 1.09. The van der Waals surface area contributed by atoms with Gasteiger partial charge >= 0.3 is 0 Å². The maximum atomic E-state index is 2.47. The lowest BCUT2D eigenvalue weighted by atomic mass is 10.2. The highest BCUT2D eigenvalue weighted by Crippen LogP contribution is 2.02. The van der Waals surface area contributed by atoms with E-state index in [0.29, 0.717) is 0 Å². The summed E-state index contributed by atoms with van der Waals surface area (Å²) in [5.74, 6) is 0. The molecule has 1 heteroatoms. The number of hydrogen-bond acceptors (Lipinski definition) is 1. The van der Waals surface area contributed by atoms with E-state index in [9.17, 15) is 0 Å². The average molecular weight is 181 g/mol. The van der Waals surface area contributed by atoms with E-state index in [1.165, 1.54) is 18.5 Å². The summed E-state index contributed by atoms with van der Waals surface area (Å²) < 4.78 is 0. The molecule has 0 amide bonds. The van der Waals surface area contributed by atoms with E-state index >= 15 is 0 Å². The van der Waals surface area contributed by atoms with Gasteiger partial charge in [0.15, 0.2) is 0 Å². The van der Waals surface area contributed by atoms with Crippen molar-refractivity contribution in [1.29, 1.82) is 0 Å². The van der Waals surface area contributed by atoms with Crippen molar-refractivity contribution in [3.8, 4) is 0 Å². The highest BCUT2D eigenvalue weighted by Gasteiger charge is 2.01. The Morgan fingerprint density at radius 3 is 2.31 bits per heavy atom. The summed E-state index contributed by atoms with van der Waals surface area (Å²) in [5, 5.41) is 0. The Morgan fingerprint density at radius 2 is 1.92 bits per heavy atom. The Hall–Kier alpha value is -0.560. The smallest absolute Gasteiger partial charge is 0.0230 e. The molecule has 0 bridgehead atoms. The van der Waals surface area contributed by atoms with E-state index in [4.69, 9.17) is 0 Å². The zero-order chi connectivity index (χ0) is 10.1. The molecule has 13 heavy (non-hydrogen) atoms. The van der Waals surface area contributed by atoms with Gasteiger partial charge in [-0.3, -0.25) is 4.90 Å². The first-order chi connectivity index (χ1) is 6.28. The molecule has 0 N–H and O–H groups in total. The van der Waals surface area contributed by atoms with Crippen molar-refractivity contribution in [1.82, 2.24) is 4.90 Å². The van der Waals surface area contributed by atoms with Gasteiger partial charge in [-0.25, -0.2) is 0 Å². The van der Waals surface area contributed by atoms with Crippen LogP contribution in [0.25, 0.3) is 0 Å². The molecule has 0 aromatic heterocycles. The quantitative estimate of drug-likeness (QED) is 0.569. The molecule has 0 spiro atoms. The summed E-state index contributed by atoms with van der Waals surface area (Å²) in [6.45, 7) is 12.1. The summed E-state index contributed by atoms with van der Waals surface area (Å²) in [7, 11) is 0. The molecule has 1 nitrogen and oxygen atoms in total. The lowest BCUT2D eigenvalue weighted by Crippen LogP contribution is -2.26. The molecule has 0 unspecified atom stereocenters. The molecule has 0 fully saturated rings. The molecule has 0 aliphatic rings. The normalized spacial score (nSPS) is 13.2. The van der Waals surface area contributed by atoms with E-state index < -0.39 is 0 Å². The maximum absolute atomic E-state index is 2.47. The van der Waals surface area contributed by atoms with Crippen molar-refractivity contribution < 1.29 is 0 Å². The molecule has 0 heterocycles. The first-order valence-electron chi connectivity index (χ1n) is 5.28. The van der Waals surface area contributed by atoms with Crippen molar-refractivity contribution in [3.05, 3.63) is 23.8 Å². The molecule has 76 valence electrons. The molecule has 0 aliphatic heterocycles. The lowest BCUT2D eigenvalue weighted by molar-refractivity contribution is 0.315. The van der Waals surface area contributed by atoms with Crippen LogP contribution in [0.3, 0.4) is 0 Å². The zero-order valence-electron chi connectivity index (χ0n) is 9.51. The highest BCUT2D eigenvalue weighted by atomic mass is 15.1. The fourth-order valence-corrected chi connectivity index (χ4v) is 1.38. The third-order valence-electron chi connectivity index (χ3n) is 2.14. The van der Waals surface area contributed by atoms with Crippen LogP contribution >= 0.6 is 0 Å². The fraction of sp³-hybridized carbons (Fsp3) is 0.667. The second-order valence-electron chi connectivity index (χ2n) is 3.23. The molecule has 0 saturated heterocycles. The van der Waals surface area contributed by atoms with Crippen LogP contribution in [0.2, 0.25) is 0 Å². The SMILES string of the molecule is CC=CC(=CC)CN(CC)CCC.